The van der Waals surface area contributed by atoms with Gasteiger partial charge in [0.1, 0.15) is 5.75 Å². The van der Waals surface area contributed by atoms with Crippen LogP contribution in [0.4, 0.5) is 0 Å². The van der Waals surface area contributed by atoms with Crippen LogP contribution < -0.4 is 15.4 Å². The normalized spacial score (nSPS) is 21.5. The lowest BCUT2D eigenvalue weighted by Crippen LogP contribution is -2.45. The van der Waals surface area contributed by atoms with Crippen LogP contribution in [0.1, 0.15) is 54.6 Å². The van der Waals surface area contributed by atoms with Gasteiger partial charge in [0, 0.05) is 30.1 Å². The lowest BCUT2D eigenvalue weighted by Gasteiger charge is -2.34. The van der Waals surface area contributed by atoms with E-state index in [1.807, 2.05) is 16.8 Å². The Labute approximate surface area is 176 Å². The number of hydrogen-bond donors (Lipinski definition) is 2. The molecular weight excluding hydrogens is 376 g/mol. The Balaban J connectivity index is 1.36. The third kappa shape index (κ3) is 3.95. The summed E-state index contributed by atoms with van der Waals surface area (Å²) in [6.07, 6.45) is 4.65. The number of nitrogens with zero attached hydrogens (tertiary/aromatic N) is 4. The third-order valence-electron chi connectivity index (χ3n) is 6.12. The van der Waals surface area contributed by atoms with Crippen molar-refractivity contribution >= 4 is 0 Å². The molecule has 1 saturated heterocycles. The molecule has 7 nitrogen and oxygen atoms in total. The van der Waals surface area contributed by atoms with Crippen LogP contribution in [0.25, 0.3) is 5.69 Å². The van der Waals surface area contributed by atoms with Crippen LogP contribution in [-0.2, 0) is 6.54 Å². The monoisotopic (exact) mass is 404 g/mol. The summed E-state index contributed by atoms with van der Waals surface area (Å²) >= 11 is 0. The second-order valence-corrected chi connectivity index (χ2v) is 8.19. The fraction of sp³-hybridized carbons (Fsp3) is 0.435. The summed E-state index contributed by atoms with van der Waals surface area (Å²) in [4.78, 5) is 0. The summed E-state index contributed by atoms with van der Waals surface area (Å²) in [5.74, 6) is 2.33. The highest BCUT2D eigenvalue weighted by Gasteiger charge is 2.30. The number of benzene rings is 2. The van der Waals surface area contributed by atoms with Crippen molar-refractivity contribution in [3.63, 3.8) is 0 Å². The molecule has 1 aliphatic heterocycles. The van der Waals surface area contributed by atoms with E-state index in [2.05, 4.69) is 62.6 Å². The fourth-order valence-electron chi connectivity index (χ4n) is 4.37. The second-order valence-electron chi connectivity index (χ2n) is 8.19. The largest absolute Gasteiger partial charge is 0.496 e. The SMILES string of the molecule is COc1ccc(-n2nnnc2C2CC2)cc1CNC1CCCNC1c1ccccc1. The van der Waals surface area contributed by atoms with Gasteiger partial charge in [-0.05, 0) is 66.4 Å². The lowest BCUT2D eigenvalue weighted by molar-refractivity contribution is 0.303. The number of ether oxygens (including phenoxy) is 1. The van der Waals surface area contributed by atoms with Crippen molar-refractivity contribution in [1.82, 2.24) is 30.8 Å². The van der Waals surface area contributed by atoms with Gasteiger partial charge in [0.25, 0.3) is 0 Å². The standard InChI is InChI=1S/C23H28N6O/c1-30-21-12-11-19(29-23(17-9-10-17)26-27-28-29)14-18(21)15-25-20-8-5-13-24-22(20)16-6-3-2-4-7-16/h2-4,6-7,11-12,14,17,20,22,24-25H,5,8-10,13,15H2,1H3. The van der Waals surface area contributed by atoms with Crippen LogP contribution in [0.3, 0.4) is 0 Å². The molecule has 2 aromatic carbocycles. The molecule has 2 heterocycles. The van der Waals surface area contributed by atoms with Crippen molar-refractivity contribution in [2.45, 2.75) is 50.2 Å². The van der Waals surface area contributed by atoms with Crippen LogP contribution >= 0.6 is 0 Å². The summed E-state index contributed by atoms with van der Waals surface area (Å²) in [6.45, 7) is 1.79. The first kappa shape index (κ1) is 19.2. The van der Waals surface area contributed by atoms with Crippen molar-refractivity contribution in [1.29, 1.82) is 0 Å². The zero-order chi connectivity index (χ0) is 20.3. The van der Waals surface area contributed by atoms with Gasteiger partial charge in [-0.2, -0.15) is 4.68 Å². The van der Waals surface area contributed by atoms with Crippen LogP contribution in [0, 0.1) is 0 Å². The highest BCUT2D eigenvalue weighted by atomic mass is 16.5. The van der Waals surface area contributed by atoms with Gasteiger partial charge in [0.05, 0.1) is 12.8 Å². The zero-order valence-corrected chi connectivity index (χ0v) is 17.3. The molecule has 1 aromatic heterocycles. The van der Waals surface area contributed by atoms with Crippen molar-refractivity contribution in [2.24, 2.45) is 0 Å². The maximum Gasteiger partial charge on any atom is 0.159 e. The second kappa shape index (κ2) is 8.53. The van der Waals surface area contributed by atoms with Crippen molar-refractivity contribution < 1.29 is 4.74 Å². The van der Waals surface area contributed by atoms with E-state index in [1.54, 1.807) is 7.11 Å². The molecule has 30 heavy (non-hydrogen) atoms. The Morgan fingerprint density at radius 1 is 1.13 bits per heavy atom. The Morgan fingerprint density at radius 2 is 2.00 bits per heavy atom. The summed E-state index contributed by atoms with van der Waals surface area (Å²) in [6, 6.07) is 17.6. The third-order valence-corrected chi connectivity index (χ3v) is 6.12. The highest BCUT2D eigenvalue weighted by molar-refractivity contribution is 5.44. The average Bonchev–Trinajstić information content (AvgIpc) is 3.54. The molecule has 2 N–H and O–H groups in total. The number of nitrogens with one attached hydrogen (secondary N) is 2. The van der Waals surface area contributed by atoms with Gasteiger partial charge in [-0.3, -0.25) is 0 Å². The van der Waals surface area contributed by atoms with E-state index in [4.69, 9.17) is 4.74 Å². The minimum Gasteiger partial charge on any atom is -0.496 e. The molecule has 1 aliphatic carbocycles. The van der Waals surface area contributed by atoms with Gasteiger partial charge in [0.15, 0.2) is 5.82 Å². The topological polar surface area (TPSA) is 76.9 Å². The number of hydrogen-bond acceptors (Lipinski definition) is 6. The van der Waals surface area contributed by atoms with E-state index in [-0.39, 0.29) is 0 Å². The maximum absolute atomic E-state index is 5.64. The van der Waals surface area contributed by atoms with Crippen molar-refractivity contribution in [2.75, 3.05) is 13.7 Å². The number of tetrazole rings is 1. The molecule has 0 amide bonds. The highest BCUT2D eigenvalue weighted by Crippen LogP contribution is 2.39. The maximum atomic E-state index is 5.64. The van der Waals surface area contributed by atoms with E-state index in [1.165, 1.54) is 24.8 Å². The molecule has 7 heteroatoms. The minimum absolute atomic E-state index is 0.315. The first-order chi connectivity index (χ1) is 14.8. The van der Waals surface area contributed by atoms with Crippen molar-refractivity contribution in [3.05, 3.63) is 65.5 Å². The van der Waals surface area contributed by atoms with E-state index < -0.39 is 0 Å². The molecule has 0 bridgehead atoms. The minimum atomic E-state index is 0.315. The average molecular weight is 405 g/mol. The molecule has 2 unspecified atom stereocenters. The summed E-state index contributed by atoms with van der Waals surface area (Å²) < 4.78 is 7.51. The Kier molecular flexibility index (Phi) is 5.46. The van der Waals surface area contributed by atoms with Crippen LogP contribution in [-0.4, -0.2) is 39.9 Å². The van der Waals surface area contributed by atoms with E-state index in [0.29, 0.717) is 18.0 Å². The Bertz CT molecular complexity index is 984. The molecule has 0 spiro atoms. The molecule has 156 valence electrons. The van der Waals surface area contributed by atoms with Gasteiger partial charge in [0.2, 0.25) is 0 Å². The predicted octanol–water partition coefficient (Wildman–Crippen LogP) is 3.13. The quantitative estimate of drug-likeness (QED) is 0.630. The molecular formula is C23H28N6O. The first-order valence-electron chi connectivity index (χ1n) is 10.8. The molecule has 2 atom stereocenters. The summed E-state index contributed by atoms with van der Waals surface area (Å²) in [5, 5.41) is 19.8. The summed E-state index contributed by atoms with van der Waals surface area (Å²) in [5.41, 5.74) is 3.43. The molecule has 5 rings (SSSR count). The number of piperidine rings is 1. The lowest BCUT2D eigenvalue weighted by atomic mass is 9.92. The van der Waals surface area contributed by atoms with Gasteiger partial charge in [-0.1, -0.05) is 30.3 Å². The summed E-state index contributed by atoms with van der Waals surface area (Å²) in [7, 11) is 1.72. The number of methoxy groups -OCH3 is 1. The Hall–Kier alpha value is -2.77. The molecule has 2 fully saturated rings. The molecule has 1 saturated carbocycles. The predicted molar refractivity (Wildman–Crippen MR) is 115 cm³/mol. The van der Waals surface area contributed by atoms with Crippen LogP contribution in [0.5, 0.6) is 5.75 Å². The smallest absolute Gasteiger partial charge is 0.159 e. The number of aromatic nitrogens is 4. The van der Waals surface area contributed by atoms with Gasteiger partial charge in [-0.15, -0.1) is 5.10 Å². The van der Waals surface area contributed by atoms with Crippen LogP contribution in [0.15, 0.2) is 48.5 Å². The van der Waals surface area contributed by atoms with Gasteiger partial charge >= 0.3 is 0 Å². The first-order valence-corrected chi connectivity index (χ1v) is 10.8. The van der Waals surface area contributed by atoms with Crippen molar-refractivity contribution in [3.8, 4) is 11.4 Å². The van der Waals surface area contributed by atoms with E-state index >= 15 is 0 Å². The van der Waals surface area contributed by atoms with E-state index in [0.717, 1.165) is 42.3 Å². The van der Waals surface area contributed by atoms with E-state index in [9.17, 15) is 0 Å². The zero-order valence-electron chi connectivity index (χ0n) is 17.3. The molecule has 2 aliphatic rings. The van der Waals surface area contributed by atoms with Gasteiger partial charge in [-0.25, -0.2) is 0 Å². The number of rotatable bonds is 7. The fourth-order valence-corrected chi connectivity index (χ4v) is 4.37. The molecule has 3 aromatic rings. The van der Waals surface area contributed by atoms with Crippen LogP contribution in [0.2, 0.25) is 0 Å². The Morgan fingerprint density at radius 3 is 2.80 bits per heavy atom. The van der Waals surface area contributed by atoms with Gasteiger partial charge < -0.3 is 15.4 Å². The molecule has 0 radical (unpaired) electrons.